The van der Waals surface area contributed by atoms with Crippen LogP contribution in [0.5, 0.6) is 0 Å². The van der Waals surface area contributed by atoms with Gasteiger partial charge in [0.05, 0.1) is 6.42 Å². The first-order valence-electron chi connectivity index (χ1n) is 11.6. The lowest BCUT2D eigenvalue weighted by Gasteiger charge is -2.38. The van der Waals surface area contributed by atoms with Gasteiger partial charge in [-0.1, -0.05) is 19.3 Å². The van der Waals surface area contributed by atoms with E-state index in [2.05, 4.69) is 4.74 Å². The van der Waals surface area contributed by atoms with Crippen molar-refractivity contribution in [1.82, 2.24) is 4.90 Å². The van der Waals surface area contributed by atoms with E-state index in [-0.39, 0.29) is 30.2 Å². The Kier molecular flexibility index (Phi) is 6.43. The molecule has 14 heteroatoms. The summed E-state index contributed by atoms with van der Waals surface area (Å²) in [6.07, 6.45) is -7.76. The van der Waals surface area contributed by atoms with Gasteiger partial charge in [0.1, 0.15) is 5.75 Å². The summed E-state index contributed by atoms with van der Waals surface area (Å²) < 4.78 is 116. The van der Waals surface area contributed by atoms with Gasteiger partial charge in [-0.3, -0.25) is 14.1 Å². The van der Waals surface area contributed by atoms with E-state index in [1.54, 1.807) is 4.90 Å². The number of amides is 1. The third-order valence-corrected chi connectivity index (χ3v) is 9.20. The van der Waals surface area contributed by atoms with Crippen molar-refractivity contribution in [2.45, 2.75) is 81.8 Å². The molecule has 4 atom stereocenters. The molecule has 1 aliphatic heterocycles. The van der Waals surface area contributed by atoms with Gasteiger partial charge in [0.15, 0.2) is 0 Å². The molecule has 1 N–H and O–H groups in total. The number of esters is 1. The van der Waals surface area contributed by atoms with E-state index < -0.39 is 57.5 Å². The molecule has 0 aromatic rings. The fourth-order valence-electron chi connectivity index (χ4n) is 7.01. The Balaban J connectivity index is 1.58. The van der Waals surface area contributed by atoms with Crippen LogP contribution in [0.3, 0.4) is 0 Å². The molecule has 0 aromatic carbocycles. The molecule has 3 saturated carbocycles. The zero-order chi connectivity index (χ0) is 26.0. The molecule has 2 bridgehead atoms. The summed E-state index contributed by atoms with van der Waals surface area (Å²) in [5.41, 5.74) is -6.56. The molecular weight excluding hydrogens is 508 g/mol. The normalized spacial score (nSPS) is 32.3. The fourth-order valence-corrected chi connectivity index (χ4v) is 7.91. The first kappa shape index (κ1) is 26.5. The van der Waals surface area contributed by atoms with E-state index in [0.717, 1.165) is 32.1 Å². The Morgan fingerprint density at radius 1 is 1.06 bits per heavy atom. The molecule has 4 rings (SSSR count). The van der Waals surface area contributed by atoms with Crippen LogP contribution in [0.25, 0.3) is 0 Å². The molecule has 7 nitrogen and oxygen atoms in total. The second-order valence-corrected chi connectivity index (χ2v) is 11.9. The van der Waals surface area contributed by atoms with Gasteiger partial charge in [0.2, 0.25) is 5.91 Å². The van der Waals surface area contributed by atoms with Crippen LogP contribution in [0.4, 0.5) is 26.3 Å². The van der Waals surface area contributed by atoms with Gasteiger partial charge in [0, 0.05) is 18.5 Å². The lowest BCUT2D eigenvalue weighted by Crippen LogP contribution is -2.63. The van der Waals surface area contributed by atoms with Crippen LogP contribution in [0.15, 0.2) is 0 Å². The molecule has 4 unspecified atom stereocenters. The monoisotopic (exact) mass is 535 g/mol. The average Bonchev–Trinajstić information content (AvgIpc) is 3.35. The minimum atomic E-state index is -6.37. The molecule has 0 aromatic heterocycles. The van der Waals surface area contributed by atoms with Crippen molar-refractivity contribution in [3.05, 3.63) is 0 Å². The minimum absolute atomic E-state index is 0.0261. The number of likely N-dealkylation sites (tertiary alicyclic amines) is 1. The number of hydrogen-bond donors (Lipinski definition) is 1. The summed E-state index contributed by atoms with van der Waals surface area (Å²) >= 11 is 0. The summed E-state index contributed by atoms with van der Waals surface area (Å²) in [7, 11) is -5.85. The number of rotatable bonds is 6. The third-order valence-electron chi connectivity index (χ3n) is 8.43. The number of nitrogens with zero attached hydrogens (tertiary/aromatic N) is 1. The summed E-state index contributed by atoms with van der Waals surface area (Å²) in [6.45, 7) is 0.466. The van der Waals surface area contributed by atoms with Gasteiger partial charge in [-0.15, -0.1) is 0 Å². The Bertz CT molecular complexity index is 962. The lowest BCUT2D eigenvalue weighted by molar-refractivity contribution is -0.361. The second kappa shape index (κ2) is 8.49. The van der Waals surface area contributed by atoms with Crippen LogP contribution in [0.1, 0.15) is 57.8 Å². The lowest BCUT2D eigenvalue weighted by atomic mass is 9.69. The van der Waals surface area contributed by atoms with E-state index in [0.29, 0.717) is 19.4 Å². The third kappa shape index (κ3) is 4.53. The van der Waals surface area contributed by atoms with E-state index >= 15 is 0 Å². The minimum Gasteiger partial charge on any atom is -0.438 e. The van der Waals surface area contributed by atoms with Crippen molar-refractivity contribution in [2.24, 2.45) is 23.2 Å². The number of alkyl halides is 6. The van der Waals surface area contributed by atoms with E-state index in [4.69, 9.17) is 4.55 Å². The summed E-state index contributed by atoms with van der Waals surface area (Å²) in [5, 5.41) is 0. The maximum absolute atomic E-state index is 13.6. The molecule has 0 radical (unpaired) electrons. The SMILES string of the molecule is O=C(CC12CCC(C1)C1CN(C3CCCCC3)C(=O)C12)OC(CS(=O)(=O)O)(C(F)(F)F)C(F)(F)F. The topological polar surface area (TPSA) is 101 Å². The highest BCUT2D eigenvalue weighted by molar-refractivity contribution is 7.85. The number of fused-ring (bicyclic) bond motifs is 5. The molecule has 4 fully saturated rings. The predicted molar refractivity (Wildman–Crippen MR) is 107 cm³/mol. The summed E-state index contributed by atoms with van der Waals surface area (Å²) in [6, 6.07) is 0.0446. The van der Waals surface area contributed by atoms with Gasteiger partial charge >= 0.3 is 23.9 Å². The highest BCUT2D eigenvalue weighted by Gasteiger charge is 2.76. The molecule has 4 aliphatic rings. The van der Waals surface area contributed by atoms with E-state index in [1.165, 1.54) is 0 Å². The highest BCUT2D eigenvalue weighted by atomic mass is 32.2. The van der Waals surface area contributed by atoms with Crippen LogP contribution < -0.4 is 0 Å². The molecule has 1 heterocycles. The molecular formula is C21H27F6NO6S. The van der Waals surface area contributed by atoms with Crippen molar-refractivity contribution in [3.63, 3.8) is 0 Å². The van der Waals surface area contributed by atoms with Crippen molar-refractivity contribution in [3.8, 4) is 0 Å². The maximum atomic E-state index is 13.6. The predicted octanol–water partition coefficient (Wildman–Crippen LogP) is 3.88. The van der Waals surface area contributed by atoms with Gasteiger partial charge in [-0.05, 0) is 49.4 Å². The molecule has 0 spiro atoms. The van der Waals surface area contributed by atoms with Crippen LogP contribution in [-0.4, -0.2) is 66.0 Å². The molecule has 1 amide bonds. The van der Waals surface area contributed by atoms with Crippen molar-refractivity contribution < 1.29 is 53.6 Å². The first-order chi connectivity index (χ1) is 16.0. The van der Waals surface area contributed by atoms with Crippen LogP contribution in [0, 0.1) is 23.2 Å². The van der Waals surface area contributed by atoms with Gasteiger partial charge < -0.3 is 9.64 Å². The number of carbonyl (C=O) groups is 2. The van der Waals surface area contributed by atoms with Gasteiger partial charge in [-0.25, -0.2) is 0 Å². The Labute approximate surface area is 198 Å². The molecule has 35 heavy (non-hydrogen) atoms. The summed E-state index contributed by atoms with van der Waals surface area (Å²) in [5.74, 6) is -5.81. The molecule has 3 aliphatic carbocycles. The fraction of sp³-hybridized carbons (Fsp3) is 0.905. The zero-order valence-electron chi connectivity index (χ0n) is 18.7. The Morgan fingerprint density at radius 2 is 1.66 bits per heavy atom. The van der Waals surface area contributed by atoms with Crippen LogP contribution in [0.2, 0.25) is 0 Å². The van der Waals surface area contributed by atoms with Crippen LogP contribution in [-0.2, 0) is 24.4 Å². The summed E-state index contributed by atoms with van der Waals surface area (Å²) in [4.78, 5) is 27.8. The molecule has 1 saturated heterocycles. The maximum Gasteiger partial charge on any atom is 0.438 e. The largest absolute Gasteiger partial charge is 0.438 e. The van der Waals surface area contributed by atoms with Crippen LogP contribution >= 0.6 is 0 Å². The number of carbonyl (C=O) groups excluding carboxylic acids is 2. The van der Waals surface area contributed by atoms with Gasteiger partial charge in [0.25, 0.3) is 10.1 Å². The Morgan fingerprint density at radius 3 is 2.20 bits per heavy atom. The zero-order valence-corrected chi connectivity index (χ0v) is 19.5. The number of ether oxygens (including phenoxy) is 1. The number of halogens is 6. The highest BCUT2D eigenvalue weighted by Crippen LogP contribution is 2.65. The average molecular weight is 536 g/mol. The second-order valence-electron chi connectivity index (χ2n) is 10.5. The van der Waals surface area contributed by atoms with E-state index in [1.807, 2.05) is 0 Å². The standard InChI is InChI=1S/C21H27F6NO6S/c22-20(23,24)19(21(25,26)27,11-35(31,32)33)34-15(29)9-18-7-6-12(8-18)14-10-28(17(30)16(14)18)13-4-2-1-3-5-13/h12-14,16H,1-11H2,(H,31,32,33). The van der Waals surface area contributed by atoms with Crippen molar-refractivity contribution in [1.29, 1.82) is 0 Å². The molecule has 200 valence electrons. The first-order valence-corrected chi connectivity index (χ1v) is 13.2. The smallest absolute Gasteiger partial charge is 0.438 e. The number of hydrogen-bond acceptors (Lipinski definition) is 5. The van der Waals surface area contributed by atoms with E-state index in [9.17, 15) is 44.3 Å². The van der Waals surface area contributed by atoms with Gasteiger partial charge in [-0.2, -0.15) is 34.8 Å². The van der Waals surface area contributed by atoms with Crippen molar-refractivity contribution in [2.75, 3.05) is 12.3 Å². The Hall–Kier alpha value is -1.57. The quantitative estimate of drug-likeness (QED) is 0.315. The van der Waals surface area contributed by atoms with Crippen molar-refractivity contribution >= 4 is 22.0 Å².